The van der Waals surface area contributed by atoms with Crippen LogP contribution in [0.5, 0.6) is 0 Å². The minimum atomic E-state index is -0.165. The van der Waals surface area contributed by atoms with Gasteiger partial charge in [0.05, 0.1) is 0 Å². The van der Waals surface area contributed by atoms with Crippen molar-refractivity contribution in [3.05, 3.63) is 252 Å². The summed E-state index contributed by atoms with van der Waals surface area (Å²) in [4.78, 5) is 0. The average Bonchev–Trinajstić information content (AvgIpc) is 3.87. The maximum absolute atomic E-state index is 2.48. The van der Waals surface area contributed by atoms with Crippen LogP contribution >= 0.6 is 0 Å². The molecule has 0 saturated carbocycles. The van der Waals surface area contributed by atoms with E-state index in [9.17, 15) is 0 Å². The van der Waals surface area contributed by atoms with Crippen LogP contribution in [0.4, 0.5) is 0 Å². The van der Waals surface area contributed by atoms with Gasteiger partial charge in [0.1, 0.15) is 0 Å². The molecule has 13 rings (SSSR count). The van der Waals surface area contributed by atoms with Crippen LogP contribution in [0, 0.1) is 0 Å². The fourth-order valence-corrected chi connectivity index (χ4v) is 12.4. The van der Waals surface area contributed by atoms with Crippen LogP contribution in [0.1, 0.15) is 74.9 Å². The Hall–Kier alpha value is -7.80. The van der Waals surface area contributed by atoms with Gasteiger partial charge in [0.25, 0.3) is 0 Å². The summed E-state index contributed by atoms with van der Waals surface area (Å²) in [6, 6.07) is 82.2. The molecular weight excluding hydrogens is 829 g/mol. The third-order valence-electron chi connectivity index (χ3n) is 16.3. The van der Waals surface area contributed by atoms with E-state index in [1.54, 1.807) is 0 Å². The molecule has 0 aromatic heterocycles. The van der Waals surface area contributed by atoms with Crippen LogP contribution in [0.25, 0.3) is 100 Å². The number of fused-ring (bicyclic) bond motifs is 9. The molecule has 69 heavy (non-hydrogen) atoms. The molecule has 0 radical (unpaired) electrons. The highest BCUT2D eigenvalue weighted by atomic mass is 14.4. The van der Waals surface area contributed by atoms with Gasteiger partial charge in [-0.05, 0) is 176 Å². The summed E-state index contributed by atoms with van der Waals surface area (Å²) >= 11 is 0. The minimum Gasteiger partial charge on any atom is -0.0622 e. The molecule has 330 valence electrons. The monoisotopic (exact) mass is 882 g/mol. The summed E-state index contributed by atoms with van der Waals surface area (Å²) in [7, 11) is 0. The van der Waals surface area contributed by atoms with Gasteiger partial charge in [0, 0.05) is 16.2 Å². The Morgan fingerprint density at radius 1 is 0.174 bits per heavy atom. The summed E-state index contributed by atoms with van der Waals surface area (Å²) in [6.07, 6.45) is 0. The Morgan fingerprint density at radius 2 is 0.406 bits per heavy atom. The summed E-state index contributed by atoms with van der Waals surface area (Å²) in [5, 5.41) is 0. The second-order valence-electron chi connectivity index (χ2n) is 21.3. The van der Waals surface area contributed by atoms with Crippen molar-refractivity contribution in [1.29, 1.82) is 0 Å². The molecule has 0 N–H and O–H groups in total. The van der Waals surface area contributed by atoms with Crippen molar-refractivity contribution in [1.82, 2.24) is 0 Å². The van der Waals surface area contributed by atoms with Gasteiger partial charge in [-0.15, -0.1) is 0 Å². The van der Waals surface area contributed by atoms with Crippen LogP contribution in [-0.4, -0.2) is 0 Å². The van der Waals surface area contributed by atoms with Crippen LogP contribution < -0.4 is 0 Å². The Morgan fingerprint density at radius 3 is 0.754 bits per heavy atom. The third kappa shape index (κ3) is 6.35. The molecule has 0 heterocycles. The van der Waals surface area contributed by atoms with E-state index in [4.69, 9.17) is 0 Å². The van der Waals surface area contributed by atoms with E-state index in [2.05, 4.69) is 260 Å². The molecule has 10 aromatic rings. The number of rotatable bonds is 6. The molecule has 0 aliphatic heterocycles. The number of benzene rings is 10. The van der Waals surface area contributed by atoms with Crippen LogP contribution in [0.2, 0.25) is 0 Å². The lowest BCUT2D eigenvalue weighted by Gasteiger charge is -2.24. The highest BCUT2D eigenvalue weighted by Gasteiger charge is 2.39. The van der Waals surface area contributed by atoms with Crippen LogP contribution in [0.15, 0.2) is 218 Å². The molecule has 0 atom stereocenters. The SMILES string of the molecule is CC1(C)c2cc(-c3ccccc3)ccc2-c2ccc(-c3ccc4c(c3)C(C)(C)c3cc(-c5ccc6c(c5)C(C)(C)c5cc(-c7ccccc7-c7cccc(-c8ccccc8)c7)ccc5-6)ccc3-4)cc21. The molecule has 10 aromatic carbocycles. The largest absolute Gasteiger partial charge is 0.0622 e. The fraction of sp³-hybridized carbons (Fsp3) is 0.130. The van der Waals surface area contributed by atoms with Crippen molar-refractivity contribution < 1.29 is 0 Å². The topological polar surface area (TPSA) is 0 Å². The number of hydrogen-bond donors (Lipinski definition) is 0. The Balaban J connectivity index is 0.797. The first-order valence-corrected chi connectivity index (χ1v) is 24.6. The Labute approximate surface area is 407 Å². The smallest absolute Gasteiger partial charge is 0.0159 e. The molecule has 3 aliphatic carbocycles. The molecule has 3 aliphatic rings. The van der Waals surface area contributed by atoms with Gasteiger partial charge in [-0.3, -0.25) is 0 Å². The number of hydrogen-bond acceptors (Lipinski definition) is 0. The van der Waals surface area contributed by atoms with E-state index >= 15 is 0 Å². The van der Waals surface area contributed by atoms with Crippen molar-refractivity contribution in [2.45, 2.75) is 57.8 Å². The minimum absolute atomic E-state index is 0.102. The zero-order valence-corrected chi connectivity index (χ0v) is 40.3. The standard InChI is InChI=1S/C69H54/c1-67(2)61-37-46(44-18-11-8-12-19-44)24-30-55(61)56-31-25-47(38-62(56)67)48-26-32-57-58-33-27-49(40-64(58)68(3,4)63(57)39-48)50-28-34-59-60-35-29-52(42-66(60)69(5,6)65(59)41-50)54-23-14-13-22-53(54)51-21-15-20-45(36-51)43-16-9-7-10-17-43/h7-42H,1-6H3. The molecular formula is C69H54. The summed E-state index contributed by atoms with van der Waals surface area (Å²) in [6.45, 7) is 14.4. The normalized spacial score (nSPS) is 14.9. The van der Waals surface area contributed by atoms with E-state index in [0.717, 1.165) is 0 Å². The highest BCUT2D eigenvalue weighted by molar-refractivity contribution is 5.92. The molecule has 0 unspecified atom stereocenters. The van der Waals surface area contributed by atoms with E-state index in [1.165, 1.54) is 134 Å². The molecule has 0 amide bonds. The molecule has 0 bridgehead atoms. The maximum atomic E-state index is 2.48. The van der Waals surface area contributed by atoms with Crippen molar-refractivity contribution in [2.75, 3.05) is 0 Å². The second-order valence-corrected chi connectivity index (χ2v) is 21.3. The van der Waals surface area contributed by atoms with Crippen molar-refractivity contribution in [3.63, 3.8) is 0 Å². The van der Waals surface area contributed by atoms with Gasteiger partial charge < -0.3 is 0 Å². The van der Waals surface area contributed by atoms with Crippen molar-refractivity contribution >= 4 is 0 Å². The molecule has 0 saturated heterocycles. The first kappa shape index (κ1) is 41.4. The third-order valence-corrected chi connectivity index (χ3v) is 16.3. The van der Waals surface area contributed by atoms with Gasteiger partial charge in [0.15, 0.2) is 0 Å². The van der Waals surface area contributed by atoms with E-state index in [1.807, 2.05) is 0 Å². The highest BCUT2D eigenvalue weighted by Crippen LogP contribution is 2.55. The van der Waals surface area contributed by atoms with Crippen molar-refractivity contribution in [3.8, 4) is 100 Å². The lowest BCUT2D eigenvalue weighted by atomic mass is 9.79. The fourth-order valence-electron chi connectivity index (χ4n) is 12.4. The molecule has 0 heteroatoms. The van der Waals surface area contributed by atoms with E-state index < -0.39 is 0 Å². The Bertz CT molecular complexity index is 3730. The first-order chi connectivity index (χ1) is 33.4. The predicted molar refractivity (Wildman–Crippen MR) is 292 cm³/mol. The zero-order valence-electron chi connectivity index (χ0n) is 40.3. The van der Waals surface area contributed by atoms with Gasteiger partial charge in [-0.2, -0.15) is 0 Å². The lowest BCUT2D eigenvalue weighted by molar-refractivity contribution is 0.659. The van der Waals surface area contributed by atoms with Crippen LogP contribution in [-0.2, 0) is 16.2 Å². The maximum Gasteiger partial charge on any atom is 0.0159 e. The second kappa shape index (κ2) is 15.1. The summed E-state index contributed by atoms with van der Waals surface area (Å²) in [5.74, 6) is 0. The van der Waals surface area contributed by atoms with E-state index in [-0.39, 0.29) is 16.2 Å². The molecule has 0 nitrogen and oxygen atoms in total. The van der Waals surface area contributed by atoms with Gasteiger partial charge in [-0.25, -0.2) is 0 Å². The van der Waals surface area contributed by atoms with Crippen molar-refractivity contribution in [2.24, 2.45) is 0 Å². The quantitative estimate of drug-likeness (QED) is 0.156. The predicted octanol–water partition coefficient (Wildman–Crippen LogP) is 18.6. The van der Waals surface area contributed by atoms with Gasteiger partial charge in [0.2, 0.25) is 0 Å². The average molecular weight is 883 g/mol. The van der Waals surface area contributed by atoms with E-state index in [0.29, 0.717) is 0 Å². The lowest BCUT2D eigenvalue weighted by Crippen LogP contribution is -2.16. The first-order valence-electron chi connectivity index (χ1n) is 24.6. The van der Waals surface area contributed by atoms with Crippen LogP contribution in [0.3, 0.4) is 0 Å². The molecule has 0 fully saturated rings. The van der Waals surface area contributed by atoms with Gasteiger partial charge >= 0.3 is 0 Å². The summed E-state index contributed by atoms with van der Waals surface area (Å²) < 4.78 is 0. The molecule has 0 spiro atoms. The van der Waals surface area contributed by atoms with Gasteiger partial charge in [-0.1, -0.05) is 217 Å². The Kier molecular flexibility index (Phi) is 9.06. The zero-order chi connectivity index (χ0) is 46.8. The summed E-state index contributed by atoms with van der Waals surface area (Å²) in [5.41, 5.74) is 31.1.